The summed E-state index contributed by atoms with van der Waals surface area (Å²) in [7, 11) is 3.95. The van der Waals surface area contributed by atoms with Crippen LogP contribution in [0.25, 0.3) is 0 Å². The van der Waals surface area contributed by atoms with Gasteiger partial charge in [-0.1, -0.05) is 30.3 Å². The van der Waals surface area contributed by atoms with E-state index in [-0.39, 0.29) is 0 Å². The molecule has 3 aromatic rings. The van der Waals surface area contributed by atoms with Gasteiger partial charge in [-0.2, -0.15) is 4.98 Å². The molecule has 134 valence electrons. The van der Waals surface area contributed by atoms with Crippen LogP contribution in [0.15, 0.2) is 60.7 Å². The van der Waals surface area contributed by atoms with E-state index in [4.69, 9.17) is 0 Å². The van der Waals surface area contributed by atoms with E-state index < -0.39 is 0 Å². The molecular weight excluding hydrogens is 322 g/mol. The topological polar surface area (TPSA) is 53.1 Å². The van der Waals surface area contributed by atoms with Gasteiger partial charge >= 0.3 is 0 Å². The number of hydrogen-bond acceptors (Lipinski definition) is 5. The van der Waals surface area contributed by atoms with Crippen molar-refractivity contribution in [3.05, 3.63) is 71.9 Å². The predicted molar refractivity (Wildman–Crippen MR) is 109 cm³/mol. The lowest BCUT2D eigenvalue weighted by atomic mass is 10.1. The van der Waals surface area contributed by atoms with E-state index in [1.54, 1.807) is 0 Å². The molecule has 0 bridgehead atoms. The fraction of sp³-hybridized carbons (Fsp3) is 0.238. The molecule has 2 N–H and O–H groups in total. The Morgan fingerprint density at radius 3 is 2.27 bits per heavy atom. The number of hydrogen-bond donors (Lipinski definition) is 2. The van der Waals surface area contributed by atoms with Crippen LogP contribution >= 0.6 is 0 Å². The molecule has 0 atom stereocenters. The van der Waals surface area contributed by atoms with Crippen LogP contribution in [-0.4, -0.2) is 30.6 Å². The molecule has 1 aromatic heterocycles. The summed E-state index contributed by atoms with van der Waals surface area (Å²) in [6, 6.07) is 20.7. The summed E-state index contributed by atoms with van der Waals surface area (Å²) in [5.74, 6) is 1.50. The van der Waals surface area contributed by atoms with E-state index >= 15 is 0 Å². The van der Waals surface area contributed by atoms with Crippen molar-refractivity contribution in [1.82, 2.24) is 9.97 Å². The van der Waals surface area contributed by atoms with Crippen molar-refractivity contribution in [2.45, 2.75) is 13.3 Å². The van der Waals surface area contributed by atoms with Gasteiger partial charge in [-0.05, 0) is 43.2 Å². The highest BCUT2D eigenvalue weighted by Crippen LogP contribution is 2.19. The van der Waals surface area contributed by atoms with Crippen LogP contribution in [0.2, 0.25) is 0 Å². The fourth-order valence-electron chi connectivity index (χ4n) is 2.63. The SMILES string of the molecule is Cc1cc(N(C)C)nc(Nc2ccc(NCCc3ccccc3)cc2)n1. The minimum absolute atomic E-state index is 0.610. The Balaban J connectivity index is 1.58. The zero-order valence-electron chi connectivity index (χ0n) is 15.5. The summed E-state index contributed by atoms with van der Waals surface area (Å²) in [6.07, 6.45) is 1.01. The Morgan fingerprint density at radius 2 is 1.58 bits per heavy atom. The molecule has 0 spiro atoms. The summed E-state index contributed by atoms with van der Waals surface area (Å²) < 4.78 is 0. The largest absolute Gasteiger partial charge is 0.385 e. The third-order valence-electron chi connectivity index (χ3n) is 4.03. The summed E-state index contributed by atoms with van der Waals surface area (Å²) in [5.41, 5.74) is 4.34. The first kappa shape index (κ1) is 17.7. The first-order chi connectivity index (χ1) is 12.6. The molecule has 0 unspecified atom stereocenters. The van der Waals surface area contributed by atoms with Gasteiger partial charge in [-0.25, -0.2) is 4.98 Å². The third kappa shape index (κ3) is 4.96. The van der Waals surface area contributed by atoms with E-state index in [0.717, 1.165) is 35.9 Å². The van der Waals surface area contributed by atoms with Crippen LogP contribution in [0.4, 0.5) is 23.1 Å². The zero-order valence-corrected chi connectivity index (χ0v) is 15.5. The summed E-state index contributed by atoms with van der Waals surface area (Å²) in [5, 5.41) is 6.72. The molecule has 0 aliphatic carbocycles. The van der Waals surface area contributed by atoms with Gasteiger partial charge in [-0.15, -0.1) is 0 Å². The molecule has 3 rings (SSSR count). The number of rotatable bonds is 7. The lowest BCUT2D eigenvalue weighted by Gasteiger charge is -2.14. The van der Waals surface area contributed by atoms with Gasteiger partial charge in [0.1, 0.15) is 5.82 Å². The maximum absolute atomic E-state index is 4.52. The Morgan fingerprint density at radius 1 is 0.885 bits per heavy atom. The molecule has 0 aliphatic heterocycles. The molecule has 0 fully saturated rings. The van der Waals surface area contributed by atoms with E-state index in [1.165, 1.54) is 5.56 Å². The smallest absolute Gasteiger partial charge is 0.229 e. The Hall–Kier alpha value is -3.08. The van der Waals surface area contributed by atoms with Crippen molar-refractivity contribution in [1.29, 1.82) is 0 Å². The average Bonchev–Trinajstić information content (AvgIpc) is 2.63. The van der Waals surface area contributed by atoms with Crippen LogP contribution in [0.3, 0.4) is 0 Å². The second-order valence-corrected chi connectivity index (χ2v) is 6.45. The summed E-state index contributed by atoms with van der Waals surface area (Å²) in [4.78, 5) is 10.9. The van der Waals surface area contributed by atoms with Crippen molar-refractivity contribution in [3.63, 3.8) is 0 Å². The number of nitrogens with zero attached hydrogens (tertiary/aromatic N) is 3. The van der Waals surface area contributed by atoms with E-state index in [9.17, 15) is 0 Å². The standard InChI is InChI=1S/C21H25N5/c1-16-15-20(26(2)3)25-21(23-16)24-19-11-9-18(10-12-19)22-14-13-17-7-5-4-6-8-17/h4-12,15,22H,13-14H2,1-3H3,(H,23,24,25). The highest BCUT2D eigenvalue weighted by Gasteiger charge is 2.04. The van der Waals surface area contributed by atoms with E-state index in [1.807, 2.05) is 50.2 Å². The zero-order chi connectivity index (χ0) is 18.4. The van der Waals surface area contributed by atoms with Gasteiger partial charge in [0.2, 0.25) is 5.95 Å². The number of benzene rings is 2. The molecule has 0 aliphatic rings. The summed E-state index contributed by atoms with van der Waals surface area (Å²) in [6.45, 7) is 2.88. The Bertz CT molecular complexity index is 829. The molecule has 5 nitrogen and oxygen atoms in total. The third-order valence-corrected chi connectivity index (χ3v) is 4.03. The minimum Gasteiger partial charge on any atom is -0.385 e. The van der Waals surface area contributed by atoms with Crippen LogP contribution in [0.1, 0.15) is 11.3 Å². The van der Waals surface area contributed by atoms with Gasteiger partial charge in [0.25, 0.3) is 0 Å². The van der Waals surface area contributed by atoms with Gasteiger partial charge in [0, 0.05) is 43.8 Å². The molecule has 0 amide bonds. The Kier molecular flexibility index (Phi) is 5.69. The molecule has 0 saturated heterocycles. The Labute approximate surface area is 155 Å². The van der Waals surface area contributed by atoms with Gasteiger partial charge in [0.05, 0.1) is 0 Å². The first-order valence-corrected chi connectivity index (χ1v) is 8.78. The van der Waals surface area contributed by atoms with Crippen molar-refractivity contribution < 1.29 is 0 Å². The van der Waals surface area contributed by atoms with E-state index in [0.29, 0.717) is 5.95 Å². The normalized spacial score (nSPS) is 10.4. The highest BCUT2D eigenvalue weighted by molar-refractivity contribution is 5.59. The van der Waals surface area contributed by atoms with Crippen molar-refractivity contribution >= 4 is 23.1 Å². The number of aromatic nitrogens is 2. The number of nitrogens with one attached hydrogen (secondary N) is 2. The van der Waals surface area contributed by atoms with E-state index in [2.05, 4.69) is 57.0 Å². The second-order valence-electron chi connectivity index (χ2n) is 6.45. The van der Waals surface area contributed by atoms with Crippen molar-refractivity contribution in [2.75, 3.05) is 36.2 Å². The van der Waals surface area contributed by atoms with Crippen molar-refractivity contribution in [2.24, 2.45) is 0 Å². The fourth-order valence-corrected chi connectivity index (χ4v) is 2.63. The van der Waals surface area contributed by atoms with Crippen LogP contribution in [-0.2, 0) is 6.42 Å². The lowest BCUT2D eigenvalue weighted by Crippen LogP contribution is -2.12. The number of aryl methyl sites for hydroxylation is 1. The minimum atomic E-state index is 0.610. The van der Waals surface area contributed by atoms with Crippen LogP contribution < -0.4 is 15.5 Å². The molecular formula is C21H25N5. The lowest BCUT2D eigenvalue weighted by molar-refractivity contribution is 1.02. The number of anilines is 4. The van der Waals surface area contributed by atoms with Crippen LogP contribution in [0, 0.1) is 6.92 Å². The summed E-state index contributed by atoms with van der Waals surface area (Å²) >= 11 is 0. The molecule has 5 heteroatoms. The average molecular weight is 347 g/mol. The maximum Gasteiger partial charge on any atom is 0.229 e. The maximum atomic E-state index is 4.52. The van der Waals surface area contributed by atoms with Gasteiger partial charge < -0.3 is 15.5 Å². The van der Waals surface area contributed by atoms with Crippen molar-refractivity contribution in [3.8, 4) is 0 Å². The molecule has 1 heterocycles. The molecule has 0 saturated carbocycles. The second kappa shape index (κ2) is 8.34. The van der Waals surface area contributed by atoms with Gasteiger partial charge in [0.15, 0.2) is 0 Å². The van der Waals surface area contributed by atoms with Gasteiger partial charge in [-0.3, -0.25) is 0 Å². The quantitative estimate of drug-likeness (QED) is 0.669. The molecule has 0 radical (unpaired) electrons. The van der Waals surface area contributed by atoms with Crippen LogP contribution in [0.5, 0.6) is 0 Å². The monoisotopic (exact) mass is 347 g/mol. The molecule has 2 aromatic carbocycles. The highest BCUT2D eigenvalue weighted by atomic mass is 15.2. The predicted octanol–water partition coefficient (Wildman–Crippen LogP) is 4.25. The first-order valence-electron chi connectivity index (χ1n) is 8.78. The molecule has 26 heavy (non-hydrogen) atoms.